The summed E-state index contributed by atoms with van der Waals surface area (Å²) < 4.78 is 5.28. The number of benzene rings is 1. The number of nitrogens with two attached hydrogens (primary N) is 1. The van der Waals surface area contributed by atoms with Gasteiger partial charge in [0, 0.05) is 30.9 Å². The topological polar surface area (TPSA) is 41.7 Å². The average molecular weight is 249 g/mol. The van der Waals surface area contributed by atoms with E-state index in [9.17, 15) is 0 Å². The molecule has 2 rings (SSSR count). The third-order valence-corrected chi connectivity index (χ3v) is 3.82. The van der Waals surface area contributed by atoms with Crippen LogP contribution in [0, 0.1) is 5.92 Å². The Bertz CT molecular complexity index is 420. The molecule has 0 spiro atoms. The van der Waals surface area contributed by atoms with Gasteiger partial charge in [-0.1, -0.05) is 6.92 Å². The molecular weight excluding hydrogens is 226 g/mol. The molecule has 1 aromatic carbocycles. The average Bonchev–Trinajstić information content (AvgIpc) is 2.72. The molecule has 4 heteroatoms. The number of ether oxygens (including phenoxy) is 1. The maximum absolute atomic E-state index is 5.85. The van der Waals surface area contributed by atoms with Crippen molar-refractivity contribution in [2.75, 3.05) is 44.9 Å². The smallest absolute Gasteiger partial charge is 0.143 e. The van der Waals surface area contributed by atoms with E-state index in [0.717, 1.165) is 18.8 Å². The van der Waals surface area contributed by atoms with Crippen LogP contribution in [0.25, 0.3) is 0 Å². The molecule has 0 radical (unpaired) electrons. The van der Waals surface area contributed by atoms with E-state index in [-0.39, 0.29) is 0 Å². The molecule has 2 unspecified atom stereocenters. The van der Waals surface area contributed by atoms with Gasteiger partial charge >= 0.3 is 0 Å². The first-order valence-corrected chi connectivity index (χ1v) is 6.37. The SMILES string of the molecule is COc1cc(N2CC(C)C(N(C)C)C2)ccc1N. The lowest BCUT2D eigenvalue weighted by Crippen LogP contribution is -2.34. The van der Waals surface area contributed by atoms with Gasteiger partial charge < -0.3 is 20.3 Å². The summed E-state index contributed by atoms with van der Waals surface area (Å²) in [6, 6.07) is 6.62. The zero-order chi connectivity index (χ0) is 13.3. The van der Waals surface area contributed by atoms with Crippen molar-refractivity contribution in [1.29, 1.82) is 0 Å². The van der Waals surface area contributed by atoms with Gasteiger partial charge in [-0.15, -0.1) is 0 Å². The Morgan fingerprint density at radius 3 is 2.61 bits per heavy atom. The van der Waals surface area contributed by atoms with Gasteiger partial charge in [0.1, 0.15) is 5.75 Å². The summed E-state index contributed by atoms with van der Waals surface area (Å²) >= 11 is 0. The highest BCUT2D eigenvalue weighted by Gasteiger charge is 2.31. The second kappa shape index (κ2) is 5.06. The van der Waals surface area contributed by atoms with Gasteiger partial charge in [-0.05, 0) is 32.1 Å². The zero-order valence-electron chi connectivity index (χ0n) is 11.7. The summed E-state index contributed by atoms with van der Waals surface area (Å²) in [6.07, 6.45) is 0. The molecule has 1 fully saturated rings. The minimum Gasteiger partial charge on any atom is -0.495 e. The van der Waals surface area contributed by atoms with Crippen molar-refractivity contribution in [1.82, 2.24) is 4.90 Å². The Hall–Kier alpha value is -1.42. The lowest BCUT2D eigenvalue weighted by Gasteiger charge is -2.23. The molecule has 0 amide bonds. The molecule has 2 atom stereocenters. The maximum atomic E-state index is 5.85. The number of methoxy groups -OCH3 is 1. The molecule has 0 saturated carbocycles. The number of hydrogen-bond donors (Lipinski definition) is 1. The van der Waals surface area contributed by atoms with Crippen LogP contribution in [0.2, 0.25) is 0 Å². The summed E-state index contributed by atoms with van der Waals surface area (Å²) in [5.74, 6) is 1.43. The second-order valence-corrected chi connectivity index (χ2v) is 5.34. The maximum Gasteiger partial charge on any atom is 0.143 e. The van der Waals surface area contributed by atoms with Gasteiger partial charge in [0.05, 0.1) is 12.8 Å². The quantitative estimate of drug-likeness (QED) is 0.827. The highest BCUT2D eigenvalue weighted by molar-refractivity contribution is 5.62. The number of likely N-dealkylation sites (N-methyl/N-ethyl adjacent to an activating group) is 1. The van der Waals surface area contributed by atoms with Crippen molar-refractivity contribution >= 4 is 11.4 Å². The molecule has 1 aromatic rings. The summed E-state index contributed by atoms with van der Waals surface area (Å²) in [5, 5.41) is 0. The van der Waals surface area contributed by atoms with Crippen LogP contribution in [0.15, 0.2) is 18.2 Å². The van der Waals surface area contributed by atoms with Crippen molar-refractivity contribution in [3.05, 3.63) is 18.2 Å². The summed E-state index contributed by atoms with van der Waals surface area (Å²) in [4.78, 5) is 4.70. The molecule has 18 heavy (non-hydrogen) atoms. The Morgan fingerprint density at radius 1 is 1.33 bits per heavy atom. The van der Waals surface area contributed by atoms with Crippen LogP contribution >= 0.6 is 0 Å². The molecule has 100 valence electrons. The van der Waals surface area contributed by atoms with E-state index < -0.39 is 0 Å². The van der Waals surface area contributed by atoms with Crippen LogP contribution in [-0.4, -0.2) is 45.2 Å². The van der Waals surface area contributed by atoms with E-state index in [1.807, 2.05) is 12.1 Å². The molecule has 0 bridgehead atoms. The van der Waals surface area contributed by atoms with Gasteiger partial charge in [0.15, 0.2) is 0 Å². The van der Waals surface area contributed by atoms with Gasteiger partial charge in [0.2, 0.25) is 0 Å². The standard InChI is InChI=1S/C14H23N3O/c1-10-8-17(9-13(10)16(2)3)11-5-6-12(15)14(7-11)18-4/h5-7,10,13H,8-9,15H2,1-4H3. The van der Waals surface area contributed by atoms with E-state index in [4.69, 9.17) is 10.5 Å². The molecular formula is C14H23N3O. The van der Waals surface area contributed by atoms with Crippen LogP contribution in [0.5, 0.6) is 5.75 Å². The normalized spacial score (nSPS) is 23.7. The van der Waals surface area contributed by atoms with Crippen LogP contribution in [0.4, 0.5) is 11.4 Å². The Morgan fingerprint density at radius 2 is 2.06 bits per heavy atom. The first kappa shape index (κ1) is 13.0. The number of rotatable bonds is 3. The van der Waals surface area contributed by atoms with Crippen LogP contribution < -0.4 is 15.4 Å². The van der Waals surface area contributed by atoms with Gasteiger partial charge in [0.25, 0.3) is 0 Å². The summed E-state index contributed by atoms with van der Waals surface area (Å²) in [7, 11) is 5.95. The Kier molecular flexibility index (Phi) is 3.66. The van der Waals surface area contributed by atoms with Crippen molar-refractivity contribution in [3.8, 4) is 5.75 Å². The fourth-order valence-corrected chi connectivity index (χ4v) is 2.73. The molecule has 4 nitrogen and oxygen atoms in total. The largest absolute Gasteiger partial charge is 0.495 e. The molecule has 1 aliphatic rings. The van der Waals surface area contributed by atoms with Crippen LogP contribution in [0.1, 0.15) is 6.92 Å². The van der Waals surface area contributed by atoms with E-state index in [1.165, 1.54) is 5.69 Å². The second-order valence-electron chi connectivity index (χ2n) is 5.34. The molecule has 1 aliphatic heterocycles. The Balaban J connectivity index is 2.18. The van der Waals surface area contributed by atoms with Crippen molar-refractivity contribution in [2.24, 2.45) is 5.92 Å². The van der Waals surface area contributed by atoms with Gasteiger partial charge in [-0.2, -0.15) is 0 Å². The molecule has 1 heterocycles. The number of nitrogen functional groups attached to an aromatic ring is 1. The first-order valence-electron chi connectivity index (χ1n) is 6.37. The third kappa shape index (κ3) is 2.38. The van der Waals surface area contributed by atoms with Gasteiger partial charge in [-0.25, -0.2) is 0 Å². The summed E-state index contributed by atoms with van der Waals surface area (Å²) in [5.41, 5.74) is 7.73. The number of hydrogen-bond acceptors (Lipinski definition) is 4. The van der Waals surface area contributed by atoms with Crippen LogP contribution in [-0.2, 0) is 0 Å². The van der Waals surface area contributed by atoms with E-state index in [2.05, 4.69) is 36.9 Å². The highest BCUT2D eigenvalue weighted by Crippen LogP contribution is 2.31. The lowest BCUT2D eigenvalue weighted by atomic mass is 10.1. The number of nitrogens with zero attached hydrogens (tertiary/aromatic N) is 2. The van der Waals surface area contributed by atoms with Crippen molar-refractivity contribution < 1.29 is 4.74 Å². The zero-order valence-corrected chi connectivity index (χ0v) is 11.7. The monoisotopic (exact) mass is 249 g/mol. The van der Waals surface area contributed by atoms with E-state index >= 15 is 0 Å². The van der Waals surface area contributed by atoms with E-state index in [0.29, 0.717) is 17.6 Å². The molecule has 1 saturated heterocycles. The van der Waals surface area contributed by atoms with Crippen molar-refractivity contribution in [3.63, 3.8) is 0 Å². The fourth-order valence-electron chi connectivity index (χ4n) is 2.73. The minimum absolute atomic E-state index is 0.605. The third-order valence-electron chi connectivity index (χ3n) is 3.82. The molecule has 0 aromatic heterocycles. The predicted molar refractivity (Wildman–Crippen MR) is 76.3 cm³/mol. The van der Waals surface area contributed by atoms with E-state index in [1.54, 1.807) is 7.11 Å². The summed E-state index contributed by atoms with van der Waals surface area (Å²) in [6.45, 7) is 4.44. The number of anilines is 2. The first-order chi connectivity index (χ1) is 8.52. The Labute approximate surface area is 109 Å². The molecule has 2 N–H and O–H groups in total. The minimum atomic E-state index is 0.605. The molecule has 0 aliphatic carbocycles. The highest BCUT2D eigenvalue weighted by atomic mass is 16.5. The van der Waals surface area contributed by atoms with Gasteiger partial charge in [-0.3, -0.25) is 0 Å². The lowest BCUT2D eigenvalue weighted by molar-refractivity contribution is 0.266. The van der Waals surface area contributed by atoms with Crippen LogP contribution in [0.3, 0.4) is 0 Å². The fraction of sp³-hybridized carbons (Fsp3) is 0.571. The predicted octanol–water partition coefficient (Wildman–Crippen LogP) is 1.66. The van der Waals surface area contributed by atoms with Crippen molar-refractivity contribution in [2.45, 2.75) is 13.0 Å².